The van der Waals surface area contributed by atoms with E-state index in [-0.39, 0.29) is 17.9 Å². The van der Waals surface area contributed by atoms with Crippen molar-refractivity contribution < 1.29 is 9.53 Å². The van der Waals surface area contributed by atoms with Crippen molar-refractivity contribution in [3.63, 3.8) is 0 Å². The maximum Gasteiger partial charge on any atom is 0.223 e. The van der Waals surface area contributed by atoms with Crippen LogP contribution in [0.4, 0.5) is 0 Å². The Hall–Kier alpha value is -1.65. The summed E-state index contributed by atoms with van der Waals surface area (Å²) in [4.78, 5) is 12.8. The lowest BCUT2D eigenvalue weighted by atomic mass is 9.71. The molecular formula is C21H32N2O2. The molecule has 4 nitrogen and oxygen atoms in total. The summed E-state index contributed by atoms with van der Waals surface area (Å²) in [7, 11) is 0. The van der Waals surface area contributed by atoms with Crippen LogP contribution >= 0.6 is 0 Å². The fourth-order valence-electron chi connectivity index (χ4n) is 3.70. The minimum Gasteiger partial charge on any atom is -0.370 e. The first-order valence-electron chi connectivity index (χ1n) is 9.34. The van der Waals surface area contributed by atoms with Crippen LogP contribution in [0.25, 0.3) is 0 Å². The van der Waals surface area contributed by atoms with E-state index >= 15 is 0 Å². The van der Waals surface area contributed by atoms with Gasteiger partial charge in [0.15, 0.2) is 0 Å². The number of ether oxygens (including phenoxy) is 1. The van der Waals surface area contributed by atoms with Crippen molar-refractivity contribution in [3.05, 3.63) is 48.0 Å². The lowest BCUT2D eigenvalue weighted by Crippen LogP contribution is -2.40. The van der Waals surface area contributed by atoms with Crippen LogP contribution in [0.2, 0.25) is 0 Å². The maximum atomic E-state index is 12.8. The van der Waals surface area contributed by atoms with Gasteiger partial charge in [0.25, 0.3) is 0 Å². The first kappa shape index (κ1) is 19.7. The molecule has 1 fully saturated rings. The molecule has 4 heteroatoms. The van der Waals surface area contributed by atoms with Gasteiger partial charge in [-0.25, -0.2) is 0 Å². The molecule has 0 bridgehead atoms. The van der Waals surface area contributed by atoms with Crippen LogP contribution in [0.15, 0.2) is 42.5 Å². The molecule has 2 rings (SSSR count). The standard InChI is InChI=1S/C21H32N2O2/c1-15(2)18-10-9-16(3)13-19(18)21(24)23-14-20(25-12-11-22)17-7-5-4-6-8-17/h4-8,15,18-20H,3,9-14,22H2,1-2H3,(H,23,24)/t18-,19+,20?/m0/s1. The highest BCUT2D eigenvalue weighted by Crippen LogP contribution is 2.37. The second-order valence-electron chi connectivity index (χ2n) is 7.31. The molecule has 1 saturated carbocycles. The third-order valence-electron chi connectivity index (χ3n) is 5.12. The summed E-state index contributed by atoms with van der Waals surface area (Å²) < 4.78 is 5.85. The molecule has 138 valence electrons. The smallest absolute Gasteiger partial charge is 0.223 e. The first-order valence-corrected chi connectivity index (χ1v) is 9.34. The number of carbonyl (C=O) groups excluding carboxylic acids is 1. The molecule has 3 N–H and O–H groups in total. The molecule has 0 aromatic heterocycles. The molecule has 1 amide bonds. The van der Waals surface area contributed by atoms with Crippen LogP contribution in [0.1, 0.15) is 44.8 Å². The van der Waals surface area contributed by atoms with Crippen molar-refractivity contribution >= 4 is 5.91 Å². The molecule has 0 heterocycles. The van der Waals surface area contributed by atoms with Gasteiger partial charge >= 0.3 is 0 Å². The Bertz CT molecular complexity index is 556. The van der Waals surface area contributed by atoms with E-state index in [4.69, 9.17) is 10.5 Å². The van der Waals surface area contributed by atoms with Gasteiger partial charge in [0, 0.05) is 19.0 Å². The van der Waals surface area contributed by atoms with Gasteiger partial charge in [0.05, 0.1) is 12.7 Å². The predicted molar refractivity (Wildman–Crippen MR) is 102 cm³/mol. The van der Waals surface area contributed by atoms with Crippen LogP contribution in [-0.4, -0.2) is 25.6 Å². The number of benzene rings is 1. The number of hydrogen-bond donors (Lipinski definition) is 2. The summed E-state index contributed by atoms with van der Waals surface area (Å²) in [5, 5.41) is 3.12. The molecule has 0 radical (unpaired) electrons. The fraction of sp³-hybridized carbons (Fsp3) is 0.571. The second kappa shape index (κ2) is 9.73. The quantitative estimate of drug-likeness (QED) is 0.710. The topological polar surface area (TPSA) is 64.3 Å². The number of carbonyl (C=O) groups is 1. The van der Waals surface area contributed by atoms with E-state index in [2.05, 4.69) is 25.7 Å². The third kappa shape index (κ3) is 5.68. The van der Waals surface area contributed by atoms with Gasteiger partial charge in [-0.3, -0.25) is 4.79 Å². The average Bonchev–Trinajstić information content (AvgIpc) is 2.62. The number of nitrogens with two attached hydrogens (primary N) is 1. The summed E-state index contributed by atoms with van der Waals surface area (Å²) in [6.07, 6.45) is 2.73. The van der Waals surface area contributed by atoms with E-state index in [9.17, 15) is 4.79 Å². The molecule has 1 aromatic carbocycles. The Kier molecular flexibility index (Phi) is 7.66. The molecule has 1 aromatic rings. The van der Waals surface area contributed by atoms with E-state index < -0.39 is 0 Å². The van der Waals surface area contributed by atoms with Crippen LogP contribution in [0, 0.1) is 17.8 Å². The van der Waals surface area contributed by atoms with Crippen LogP contribution in [-0.2, 0) is 9.53 Å². The van der Waals surface area contributed by atoms with Gasteiger partial charge in [-0.15, -0.1) is 0 Å². The van der Waals surface area contributed by atoms with Crippen molar-refractivity contribution in [2.75, 3.05) is 19.7 Å². The highest BCUT2D eigenvalue weighted by molar-refractivity contribution is 5.79. The van der Waals surface area contributed by atoms with E-state index in [1.807, 2.05) is 30.3 Å². The van der Waals surface area contributed by atoms with Crippen molar-refractivity contribution in [2.45, 2.75) is 39.2 Å². The zero-order valence-corrected chi connectivity index (χ0v) is 15.5. The zero-order valence-electron chi connectivity index (χ0n) is 15.5. The van der Waals surface area contributed by atoms with Crippen LogP contribution in [0.3, 0.4) is 0 Å². The van der Waals surface area contributed by atoms with Crippen molar-refractivity contribution in [1.82, 2.24) is 5.32 Å². The molecule has 1 aliphatic carbocycles. The van der Waals surface area contributed by atoms with Gasteiger partial charge in [-0.2, -0.15) is 0 Å². The van der Waals surface area contributed by atoms with E-state index in [1.54, 1.807) is 0 Å². The Morgan fingerprint density at radius 3 is 2.72 bits per heavy atom. The van der Waals surface area contributed by atoms with Crippen LogP contribution < -0.4 is 11.1 Å². The van der Waals surface area contributed by atoms with Gasteiger partial charge in [0.2, 0.25) is 5.91 Å². The number of hydrogen-bond acceptors (Lipinski definition) is 3. The minimum absolute atomic E-state index is 0.0205. The number of rotatable bonds is 8. The average molecular weight is 344 g/mol. The molecular weight excluding hydrogens is 312 g/mol. The van der Waals surface area contributed by atoms with E-state index in [0.717, 1.165) is 24.8 Å². The molecule has 0 aliphatic heterocycles. The largest absolute Gasteiger partial charge is 0.370 e. The molecule has 0 saturated heterocycles. The van der Waals surface area contributed by atoms with E-state index in [0.29, 0.717) is 31.5 Å². The molecule has 1 unspecified atom stereocenters. The van der Waals surface area contributed by atoms with E-state index in [1.165, 1.54) is 5.57 Å². The monoisotopic (exact) mass is 344 g/mol. The molecule has 1 aliphatic rings. The maximum absolute atomic E-state index is 12.8. The Balaban J connectivity index is 2.00. The normalized spacial score (nSPS) is 22.0. The fourth-order valence-corrected chi connectivity index (χ4v) is 3.70. The first-order chi connectivity index (χ1) is 12.0. The Morgan fingerprint density at radius 2 is 2.08 bits per heavy atom. The number of allylic oxidation sites excluding steroid dienone is 1. The number of amides is 1. The van der Waals surface area contributed by atoms with Crippen LogP contribution in [0.5, 0.6) is 0 Å². The van der Waals surface area contributed by atoms with Gasteiger partial charge in [0.1, 0.15) is 0 Å². The summed E-state index contributed by atoms with van der Waals surface area (Å²) in [6.45, 7) is 9.93. The molecule has 3 atom stereocenters. The summed E-state index contributed by atoms with van der Waals surface area (Å²) in [5.41, 5.74) is 7.82. The van der Waals surface area contributed by atoms with Crippen molar-refractivity contribution in [1.29, 1.82) is 0 Å². The SMILES string of the molecule is C=C1CC[C@@H](C(C)C)[C@H](C(=O)NCC(OCCN)c2ccccc2)C1. The predicted octanol–water partition coefficient (Wildman–Crippen LogP) is 3.45. The van der Waals surface area contributed by atoms with Gasteiger partial charge < -0.3 is 15.8 Å². The molecule has 25 heavy (non-hydrogen) atoms. The number of nitrogens with one attached hydrogen (secondary N) is 1. The molecule has 0 spiro atoms. The summed E-state index contributed by atoms with van der Waals surface area (Å²) in [6, 6.07) is 9.98. The zero-order chi connectivity index (χ0) is 18.2. The Labute approximate surface area is 151 Å². The minimum atomic E-state index is -0.169. The second-order valence-corrected chi connectivity index (χ2v) is 7.31. The van der Waals surface area contributed by atoms with Crippen molar-refractivity contribution in [3.8, 4) is 0 Å². The van der Waals surface area contributed by atoms with Gasteiger partial charge in [-0.1, -0.05) is 56.3 Å². The Morgan fingerprint density at radius 1 is 1.36 bits per heavy atom. The highest BCUT2D eigenvalue weighted by atomic mass is 16.5. The van der Waals surface area contributed by atoms with Crippen molar-refractivity contribution in [2.24, 2.45) is 23.5 Å². The lowest BCUT2D eigenvalue weighted by Gasteiger charge is -2.34. The summed E-state index contributed by atoms with van der Waals surface area (Å²) >= 11 is 0. The van der Waals surface area contributed by atoms with Gasteiger partial charge in [-0.05, 0) is 36.7 Å². The summed E-state index contributed by atoms with van der Waals surface area (Å²) in [5.74, 6) is 1.07. The third-order valence-corrected chi connectivity index (χ3v) is 5.12. The highest BCUT2D eigenvalue weighted by Gasteiger charge is 2.34. The lowest BCUT2D eigenvalue weighted by molar-refractivity contribution is -0.128.